The second-order valence-electron chi connectivity index (χ2n) is 6.56. The second-order valence-corrected chi connectivity index (χ2v) is 6.56. The Kier molecular flexibility index (Phi) is 3.51. The highest BCUT2D eigenvalue weighted by molar-refractivity contribution is 5.95. The molecule has 27 heavy (non-hydrogen) atoms. The molecule has 3 heterocycles. The number of H-pyrrole nitrogens is 2. The fourth-order valence-electron chi connectivity index (χ4n) is 3.45. The van der Waals surface area contributed by atoms with Crippen molar-refractivity contribution in [3.8, 4) is 22.6 Å². The molecule has 0 amide bonds. The summed E-state index contributed by atoms with van der Waals surface area (Å²) in [4.78, 5) is 12.3. The molecule has 0 aliphatic carbocycles. The molecular formula is C21H17N5O. The zero-order chi connectivity index (χ0) is 18.4. The molecule has 0 unspecified atom stereocenters. The van der Waals surface area contributed by atoms with E-state index in [1.807, 2.05) is 49.5 Å². The Labute approximate surface area is 154 Å². The monoisotopic (exact) mass is 355 g/mol. The lowest BCUT2D eigenvalue weighted by molar-refractivity contribution is 0.280. The van der Waals surface area contributed by atoms with Crippen LogP contribution in [0.3, 0.4) is 0 Å². The molecule has 0 saturated heterocycles. The van der Waals surface area contributed by atoms with Gasteiger partial charge in [-0.1, -0.05) is 18.2 Å². The highest BCUT2D eigenvalue weighted by Gasteiger charge is 2.14. The molecule has 0 aliphatic heterocycles. The molecule has 0 bridgehead atoms. The van der Waals surface area contributed by atoms with E-state index in [2.05, 4.69) is 31.2 Å². The Bertz CT molecular complexity index is 1250. The number of para-hydroxylation sites is 2. The first kappa shape index (κ1) is 15.7. The van der Waals surface area contributed by atoms with Gasteiger partial charge in [-0.15, -0.1) is 0 Å². The van der Waals surface area contributed by atoms with Crippen LogP contribution in [0.15, 0.2) is 54.9 Å². The molecule has 3 N–H and O–H groups in total. The van der Waals surface area contributed by atoms with Gasteiger partial charge in [-0.3, -0.25) is 10.1 Å². The van der Waals surface area contributed by atoms with Crippen LogP contribution >= 0.6 is 0 Å². The van der Waals surface area contributed by atoms with Crippen LogP contribution in [0.1, 0.15) is 11.1 Å². The molecule has 0 atom stereocenters. The van der Waals surface area contributed by atoms with Crippen molar-refractivity contribution in [3.63, 3.8) is 0 Å². The first-order valence-corrected chi connectivity index (χ1v) is 8.72. The normalized spacial score (nSPS) is 11.5. The van der Waals surface area contributed by atoms with Crippen LogP contribution in [0.5, 0.6) is 0 Å². The number of pyridine rings is 1. The van der Waals surface area contributed by atoms with E-state index in [-0.39, 0.29) is 6.61 Å². The summed E-state index contributed by atoms with van der Waals surface area (Å²) in [5.41, 5.74) is 7.51. The van der Waals surface area contributed by atoms with E-state index >= 15 is 0 Å². The van der Waals surface area contributed by atoms with Crippen LogP contribution in [-0.4, -0.2) is 30.3 Å². The van der Waals surface area contributed by atoms with Crippen molar-refractivity contribution in [2.45, 2.75) is 13.5 Å². The first-order chi connectivity index (χ1) is 13.2. The lowest BCUT2D eigenvalue weighted by atomic mass is 9.98. The van der Waals surface area contributed by atoms with Gasteiger partial charge in [0.25, 0.3) is 0 Å². The van der Waals surface area contributed by atoms with E-state index in [4.69, 9.17) is 0 Å². The largest absolute Gasteiger partial charge is 0.392 e. The van der Waals surface area contributed by atoms with Crippen molar-refractivity contribution in [1.29, 1.82) is 0 Å². The number of aromatic nitrogens is 5. The van der Waals surface area contributed by atoms with Crippen LogP contribution < -0.4 is 0 Å². The Morgan fingerprint density at radius 3 is 2.78 bits per heavy atom. The van der Waals surface area contributed by atoms with Gasteiger partial charge >= 0.3 is 0 Å². The standard InChI is InChI=1S/C21H17N5O/c1-12-14(11-27)9-22-10-16(12)13-6-7-17-15(8-13)20(26-25-17)21-23-18-4-2-3-5-19(18)24-21/h2-10,27H,11H2,1H3,(H,23,24)(H,25,26). The SMILES string of the molecule is Cc1c(CO)cncc1-c1ccc2[nH]nc(-c3nc4ccccc4[nH]3)c2c1. The summed E-state index contributed by atoms with van der Waals surface area (Å²) < 4.78 is 0. The maximum Gasteiger partial charge on any atom is 0.159 e. The summed E-state index contributed by atoms with van der Waals surface area (Å²) in [6.07, 6.45) is 3.53. The predicted molar refractivity (Wildman–Crippen MR) is 105 cm³/mol. The van der Waals surface area contributed by atoms with Crippen LogP contribution in [0, 0.1) is 6.92 Å². The van der Waals surface area contributed by atoms with E-state index in [1.165, 1.54) is 0 Å². The topological polar surface area (TPSA) is 90.5 Å². The zero-order valence-corrected chi connectivity index (χ0v) is 14.7. The lowest BCUT2D eigenvalue weighted by Crippen LogP contribution is -1.94. The Morgan fingerprint density at radius 2 is 1.93 bits per heavy atom. The average Bonchev–Trinajstić information content (AvgIpc) is 3.31. The molecule has 5 aromatic rings. The van der Waals surface area contributed by atoms with Crippen molar-refractivity contribution in [3.05, 3.63) is 66.0 Å². The number of aliphatic hydroxyl groups excluding tert-OH is 1. The van der Waals surface area contributed by atoms with Crippen molar-refractivity contribution in [1.82, 2.24) is 25.1 Å². The van der Waals surface area contributed by atoms with Crippen molar-refractivity contribution in [2.24, 2.45) is 0 Å². The molecule has 5 rings (SSSR count). The molecule has 0 fully saturated rings. The number of benzene rings is 2. The number of aromatic amines is 2. The average molecular weight is 355 g/mol. The number of rotatable bonds is 3. The number of aliphatic hydroxyl groups is 1. The predicted octanol–water partition coefficient (Wildman–Crippen LogP) is 3.97. The first-order valence-electron chi connectivity index (χ1n) is 8.72. The van der Waals surface area contributed by atoms with E-state index < -0.39 is 0 Å². The van der Waals surface area contributed by atoms with Crippen molar-refractivity contribution >= 4 is 21.9 Å². The minimum Gasteiger partial charge on any atom is -0.392 e. The van der Waals surface area contributed by atoms with Crippen molar-refractivity contribution in [2.75, 3.05) is 0 Å². The highest BCUT2D eigenvalue weighted by Crippen LogP contribution is 2.32. The summed E-state index contributed by atoms with van der Waals surface area (Å²) in [5.74, 6) is 0.735. The molecule has 0 spiro atoms. The molecular weight excluding hydrogens is 338 g/mol. The maximum absolute atomic E-state index is 9.52. The summed E-state index contributed by atoms with van der Waals surface area (Å²) in [6.45, 7) is 1.98. The highest BCUT2D eigenvalue weighted by atomic mass is 16.3. The lowest BCUT2D eigenvalue weighted by Gasteiger charge is -2.09. The number of nitrogens with zero attached hydrogens (tertiary/aromatic N) is 3. The second kappa shape index (κ2) is 6.03. The third-order valence-corrected chi connectivity index (χ3v) is 4.98. The molecule has 3 aromatic heterocycles. The Balaban J connectivity index is 1.69. The van der Waals surface area contributed by atoms with Gasteiger partial charge < -0.3 is 10.1 Å². The van der Waals surface area contributed by atoms with Gasteiger partial charge in [-0.2, -0.15) is 5.10 Å². The van der Waals surface area contributed by atoms with Gasteiger partial charge in [-0.05, 0) is 47.9 Å². The number of imidazole rings is 1. The van der Waals surface area contributed by atoms with E-state index in [0.29, 0.717) is 0 Å². The molecule has 6 heteroatoms. The molecule has 0 radical (unpaired) electrons. The number of fused-ring (bicyclic) bond motifs is 2. The van der Waals surface area contributed by atoms with Crippen LogP contribution in [0.2, 0.25) is 0 Å². The van der Waals surface area contributed by atoms with Gasteiger partial charge in [0.15, 0.2) is 5.82 Å². The number of nitrogens with one attached hydrogen (secondary N) is 2. The maximum atomic E-state index is 9.52. The number of hydrogen-bond donors (Lipinski definition) is 3. The molecule has 6 nitrogen and oxygen atoms in total. The van der Waals surface area contributed by atoms with Crippen LogP contribution in [0.4, 0.5) is 0 Å². The van der Waals surface area contributed by atoms with Crippen LogP contribution in [-0.2, 0) is 6.61 Å². The summed E-state index contributed by atoms with van der Waals surface area (Å²) in [6, 6.07) is 14.1. The van der Waals surface area contributed by atoms with Gasteiger partial charge in [0, 0.05) is 23.3 Å². The molecule has 0 aliphatic rings. The van der Waals surface area contributed by atoms with E-state index in [9.17, 15) is 5.11 Å². The smallest absolute Gasteiger partial charge is 0.159 e. The molecule has 2 aromatic carbocycles. The van der Waals surface area contributed by atoms with Crippen LogP contribution in [0.25, 0.3) is 44.6 Å². The minimum absolute atomic E-state index is 0.0230. The summed E-state index contributed by atoms with van der Waals surface area (Å²) in [7, 11) is 0. The quantitative estimate of drug-likeness (QED) is 0.457. The summed E-state index contributed by atoms with van der Waals surface area (Å²) in [5, 5.41) is 18.1. The van der Waals surface area contributed by atoms with Gasteiger partial charge in [0.1, 0.15) is 5.69 Å². The molecule has 0 saturated carbocycles. The minimum atomic E-state index is -0.0230. The third-order valence-electron chi connectivity index (χ3n) is 4.98. The van der Waals surface area contributed by atoms with Gasteiger partial charge in [-0.25, -0.2) is 4.98 Å². The third kappa shape index (κ3) is 2.50. The fraction of sp³-hybridized carbons (Fsp3) is 0.0952. The Hall–Kier alpha value is -3.51. The van der Waals surface area contributed by atoms with E-state index in [0.717, 1.165) is 55.7 Å². The van der Waals surface area contributed by atoms with Crippen molar-refractivity contribution < 1.29 is 5.11 Å². The fourth-order valence-corrected chi connectivity index (χ4v) is 3.45. The Morgan fingerprint density at radius 1 is 1.04 bits per heavy atom. The number of hydrogen-bond acceptors (Lipinski definition) is 4. The zero-order valence-electron chi connectivity index (χ0n) is 14.7. The molecule has 132 valence electrons. The van der Waals surface area contributed by atoms with Gasteiger partial charge in [0.05, 0.1) is 23.2 Å². The summed E-state index contributed by atoms with van der Waals surface area (Å²) >= 11 is 0. The van der Waals surface area contributed by atoms with E-state index in [1.54, 1.807) is 6.20 Å². The van der Waals surface area contributed by atoms with Gasteiger partial charge in [0.2, 0.25) is 0 Å².